The zero-order chi connectivity index (χ0) is 13.1. The summed E-state index contributed by atoms with van der Waals surface area (Å²) in [7, 11) is 0. The third-order valence-corrected chi connectivity index (χ3v) is 2.61. The van der Waals surface area contributed by atoms with E-state index in [1.807, 2.05) is 6.92 Å². The molecule has 18 heavy (non-hydrogen) atoms. The van der Waals surface area contributed by atoms with E-state index in [1.165, 1.54) is 16.7 Å². The summed E-state index contributed by atoms with van der Waals surface area (Å²) < 4.78 is 19.7. The van der Waals surface area contributed by atoms with Crippen molar-refractivity contribution in [3.8, 4) is 0 Å². The molecule has 2 aromatic rings. The van der Waals surface area contributed by atoms with Crippen molar-refractivity contribution in [2.75, 3.05) is 6.61 Å². The van der Waals surface area contributed by atoms with Crippen LogP contribution in [0, 0.1) is 5.82 Å². The summed E-state index contributed by atoms with van der Waals surface area (Å²) in [5, 5.41) is 0. The van der Waals surface area contributed by atoms with Crippen LogP contribution in [-0.2, 0) is 11.2 Å². The molecule has 0 aliphatic heterocycles. The van der Waals surface area contributed by atoms with Crippen LogP contribution >= 0.6 is 0 Å². The molecule has 0 saturated carbocycles. The molecule has 0 bridgehead atoms. The second kappa shape index (κ2) is 5.16. The van der Waals surface area contributed by atoms with E-state index in [9.17, 15) is 9.18 Å². The maximum Gasteiger partial charge on any atom is 0.357 e. The minimum atomic E-state index is -0.459. The highest BCUT2D eigenvalue weighted by molar-refractivity contribution is 5.90. The fourth-order valence-electron chi connectivity index (χ4n) is 1.89. The van der Waals surface area contributed by atoms with Gasteiger partial charge in [-0.1, -0.05) is 13.3 Å². The molecule has 96 valence electrons. The summed E-state index contributed by atoms with van der Waals surface area (Å²) in [5.41, 5.74) is 1.54. The number of aromatic nitrogens is 2. The van der Waals surface area contributed by atoms with E-state index in [-0.39, 0.29) is 6.61 Å². The van der Waals surface area contributed by atoms with Gasteiger partial charge in [-0.15, -0.1) is 0 Å². The van der Waals surface area contributed by atoms with Crippen molar-refractivity contribution in [1.82, 2.24) is 9.38 Å². The van der Waals surface area contributed by atoms with Gasteiger partial charge in [0.1, 0.15) is 11.5 Å². The van der Waals surface area contributed by atoms with Gasteiger partial charge in [0.05, 0.1) is 12.3 Å². The lowest BCUT2D eigenvalue weighted by Crippen LogP contribution is -2.10. The zero-order valence-electron chi connectivity index (χ0n) is 10.4. The molecule has 0 radical (unpaired) electrons. The van der Waals surface area contributed by atoms with E-state index in [0.29, 0.717) is 23.5 Å². The molecule has 0 saturated heterocycles. The molecule has 5 heteroatoms. The van der Waals surface area contributed by atoms with Crippen LogP contribution in [0.3, 0.4) is 0 Å². The first-order chi connectivity index (χ1) is 8.67. The molecule has 2 heterocycles. The first-order valence-electron chi connectivity index (χ1n) is 6.01. The normalized spacial score (nSPS) is 10.8. The lowest BCUT2D eigenvalue weighted by Gasteiger charge is -2.04. The monoisotopic (exact) mass is 250 g/mol. The second-order valence-electron chi connectivity index (χ2n) is 3.95. The van der Waals surface area contributed by atoms with Crippen LogP contribution < -0.4 is 0 Å². The van der Waals surface area contributed by atoms with Crippen LogP contribution in [-0.4, -0.2) is 22.0 Å². The third kappa shape index (κ3) is 2.20. The van der Waals surface area contributed by atoms with Gasteiger partial charge in [-0.25, -0.2) is 14.2 Å². The Morgan fingerprint density at radius 1 is 1.44 bits per heavy atom. The summed E-state index contributed by atoms with van der Waals surface area (Å²) in [5.74, 6) is -0.868. The van der Waals surface area contributed by atoms with Crippen molar-refractivity contribution in [3.05, 3.63) is 35.5 Å². The molecule has 0 N–H and O–H groups in total. The van der Waals surface area contributed by atoms with Gasteiger partial charge in [0, 0.05) is 6.20 Å². The van der Waals surface area contributed by atoms with Gasteiger partial charge in [0.25, 0.3) is 0 Å². The van der Waals surface area contributed by atoms with E-state index < -0.39 is 11.8 Å². The number of carbonyl (C=O) groups excluding carboxylic acids is 1. The highest BCUT2D eigenvalue weighted by Crippen LogP contribution is 2.16. The number of halogens is 1. The third-order valence-electron chi connectivity index (χ3n) is 2.61. The maximum atomic E-state index is 13.3. The van der Waals surface area contributed by atoms with E-state index in [4.69, 9.17) is 4.74 Å². The van der Waals surface area contributed by atoms with Crippen molar-refractivity contribution in [3.63, 3.8) is 0 Å². The molecule has 0 atom stereocenters. The van der Waals surface area contributed by atoms with Crippen LogP contribution in [0.2, 0.25) is 0 Å². The van der Waals surface area contributed by atoms with Crippen LogP contribution in [0.15, 0.2) is 18.3 Å². The number of esters is 1. The van der Waals surface area contributed by atoms with Gasteiger partial charge in [0.2, 0.25) is 0 Å². The van der Waals surface area contributed by atoms with E-state index >= 15 is 0 Å². The Balaban J connectivity index is 2.60. The summed E-state index contributed by atoms with van der Waals surface area (Å²) in [6.07, 6.45) is 2.78. The molecular formula is C13H15FN2O2. The Labute approximate surface area is 104 Å². The quantitative estimate of drug-likeness (QED) is 0.783. The summed E-state index contributed by atoms with van der Waals surface area (Å²) in [6.45, 7) is 4.02. The maximum absolute atomic E-state index is 13.3. The molecular weight excluding hydrogens is 235 g/mol. The van der Waals surface area contributed by atoms with Crippen molar-refractivity contribution in [2.24, 2.45) is 0 Å². The SMILES string of the molecule is CCCc1nc2ccc(F)cn2c1C(=O)OCC. The number of nitrogens with zero attached hydrogens (tertiary/aromatic N) is 2. The van der Waals surface area contributed by atoms with Gasteiger partial charge < -0.3 is 4.74 Å². The van der Waals surface area contributed by atoms with Gasteiger partial charge in [0.15, 0.2) is 5.69 Å². The molecule has 0 spiro atoms. The van der Waals surface area contributed by atoms with Crippen molar-refractivity contribution < 1.29 is 13.9 Å². The number of pyridine rings is 1. The van der Waals surface area contributed by atoms with Gasteiger partial charge in [-0.05, 0) is 25.5 Å². The summed E-state index contributed by atoms with van der Waals surface area (Å²) in [4.78, 5) is 16.3. The highest BCUT2D eigenvalue weighted by Gasteiger charge is 2.19. The first kappa shape index (κ1) is 12.5. The minimum Gasteiger partial charge on any atom is -0.461 e. The molecule has 0 amide bonds. The standard InChI is InChI=1S/C13H15FN2O2/c1-3-5-10-12(13(17)18-4-2)16-8-9(14)6-7-11(16)15-10/h6-8H,3-5H2,1-2H3. The number of hydrogen-bond acceptors (Lipinski definition) is 3. The number of hydrogen-bond donors (Lipinski definition) is 0. The Morgan fingerprint density at radius 3 is 2.89 bits per heavy atom. The molecule has 0 aliphatic rings. The molecule has 0 aliphatic carbocycles. The van der Waals surface area contributed by atoms with E-state index in [1.54, 1.807) is 13.0 Å². The Hall–Kier alpha value is -1.91. The number of aryl methyl sites for hydroxylation is 1. The smallest absolute Gasteiger partial charge is 0.357 e. The van der Waals surface area contributed by atoms with Crippen molar-refractivity contribution in [2.45, 2.75) is 26.7 Å². The average Bonchev–Trinajstić information content (AvgIpc) is 2.67. The zero-order valence-corrected chi connectivity index (χ0v) is 10.4. The second-order valence-corrected chi connectivity index (χ2v) is 3.95. The summed E-state index contributed by atoms with van der Waals surface area (Å²) >= 11 is 0. The molecule has 2 rings (SSSR count). The fourth-order valence-corrected chi connectivity index (χ4v) is 1.89. The van der Waals surface area contributed by atoms with Crippen LogP contribution in [0.25, 0.3) is 5.65 Å². The molecule has 0 aromatic carbocycles. The number of imidazole rings is 1. The fraction of sp³-hybridized carbons (Fsp3) is 0.385. The van der Waals surface area contributed by atoms with E-state index in [2.05, 4.69) is 4.98 Å². The molecule has 2 aromatic heterocycles. The number of fused-ring (bicyclic) bond motifs is 1. The molecule has 0 fully saturated rings. The van der Waals surface area contributed by atoms with Crippen molar-refractivity contribution in [1.29, 1.82) is 0 Å². The van der Waals surface area contributed by atoms with Gasteiger partial charge >= 0.3 is 5.97 Å². The predicted octanol–water partition coefficient (Wildman–Crippen LogP) is 2.60. The Kier molecular flexibility index (Phi) is 3.60. The van der Waals surface area contributed by atoms with Crippen LogP contribution in [0.1, 0.15) is 36.5 Å². The number of rotatable bonds is 4. The lowest BCUT2D eigenvalue weighted by molar-refractivity contribution is 0.0517. The predicted molar refractivity (Wildman–Crippen MR) is 65.1 cm³/mol. The topological polar surface area (TPSA) is 43.6 Å². The first-order valence-corrected chi connectivity index (χ1v) is 6.01. The Morgan fingerprint density at radius 2 is 2.22 bits per heavy atom. The molecule has 0 unspecified atom stereocenters. The van der Waals surface area contributed by atoms with Gasteiger partial charge in [-0.2, -0.15) is 0 Å². The molecule has 4 nitrogen and oxygen atoms in total. The highest BCUT2D eigenvalue weighted by atomic mass is 19.1. The van der Waals surface area contributed by atoms with E-state index in [0.717, 1.165) is 6.42 Å². The van der Waals surface area contributed by atoms with Crippen LogP contribution in [0.4, 0.5) is 4.39 Å². The Bertz CT molecular complexity index is 578. The van der Waals surface area contributed by atoms with Crippen LogP contribution in [0.5, 0.6) is 0 Å². The number of carbonyl (C=O) groups is 1. The van der Waals surface area contributed by atoms with Gasteiger partial charge in [-0.3, -0.25) is 4.40 Å². The summed E-state index contributed by atoms with van der Waals surface area (Å²) in [6, 6.07) is 2.88. The van der Waals surface area contributed by atoms with Crippen molar-refractivity contribution >= 4 is 11.6 Å². The number of ether oxygens (including phenoxy) is 1. The average molecular weight is 250 g/mol. The lowest BCUT2D eigenvalue weighted by atomic mass is 10.2. The largest absolute Gasteiger partial charge is 0.461 e. The minimum absolute atomic E-state index is 0.285.